The van der Waals surface area contributed by atoms with Crippen molar-refractivity contribution in [3.63, 3.8) is 0 Å². The maximum Gasteiger partial charge on any atom is 0.313 e. The van der Waals surface area contributed by atoms with Crippen LogP contribution in [0.25, 0.3) is 0 Å². The zero-order chi connectivity index (χ0) is 12.9. The molecule has 4 nitrogen and oxygen atoms in total. The summed E-state index contributed by atoms with van der Waals surface area (Å²) in [6.07, 6.45) is 2.03. The lowest BCUT2D eigenvalue weighted by Gasteiger charge is -2.23. The van der Waals surface area contributed by atoms with Crippen LogP contribution in [-0.4, -0.2) is 30.9 Å². The molecule has 1 rings (SSSR count). The van der Waals surface area contributed by atoms with Crippen LogP contribution < -0.4 is 5.32 Å². The van der Waals surface area contributed by atoms with Crippen LogP contribution in [0.15, 0.2) is 0 Å². The first-order chi connectivity index (χ1) is 7.87. The van der Waals surface area contributed by atoms with Gasteiger partial charge in [0.05, 0.1) is 0 Å². The molecule has 17 heavy (non-hydrogen) atoms. The number of ether oxygens (including phenoxy) is 1. The number of nitrogens with one attached hydrogen (secondary N) is 1. The Kier molecular flexibility index (Phi) is 5.12. The van der Waals surface area contributed by atoms with E-state index in [1.54, 1.807) is 0 Å². The van der Waals surface area contributed by atoms with Gasteiger partial charge in [-0.05, 0) is 31.3 Å². The number of esters is 1. The van der Waals surface area contributed by atoms with Crippen LogP contribution in [0, 0.1) is 5.41 Å². The number of carbonyl (C=O) groups excluding carboxylic acids is 2. The highest BCUT2D eigenvalue weighted by Crippen LogP contribution is 2.20. The number of hydrogen-bond donors (Lipinski definition) is 1. The molecule has 0 saturated carbocycles. The van der Waals surface area contributed by atoms with E-state index in [-0.39, 0.29) is 29.7 Å². The summed E-state index contributed by atoms with van der Waals surface area (Å²) in [6.45, 7) is 7.73. The van der Waals surface area contributed by atoms with Crippen molar-refractivity contribution in [3.8, 4) is 0 Å². The second-order valence-electron chi connectivity index (χ2n) is 5.89. The Morgan fingerprint density at radius 2 is 1.82 bits per heavy atom. The first-order valence-electron chi connectivity index (χ1n) is 6.29. The number of rotatable bonds is 4. The first kappa shape index (κ1) is 14.2. The summed E-state index contributed by atoms with van der Waals surface area (Å²) in [7, 11) is 0. The minimum absolute atomic E-state index is 0.00816. The molecule has 4 heteroatoms. The van der Waals surface area contributed by atoms with Crippen molar-refractivity contribution in [2.45, 2.75) is 52.6 Å². The van der Waals surface area contributed by atoms with Crippen molar-refractivity contribution in [1.29, 1.82) is 0 Å². The van der Waals surface area contributed by atoms with E-state index in [4.69, 9.17) is 4.74 Å². The molecule has 0 spiro atoms. The van der Waals surface area contributed by atoms with Gasteiger partial charge in [0.1, 0.15) is 18.3 Å². The Balaban J connectivity index is 2.26. The smallest absolute Gasteiger partial charge is 0.313 e. The van der Waals surface area contributed by atoms with Crippen molar-refractivity contribution in [2.24, 2.45) is 5.41 Å². The molecule has 0 aromatic rings. The summed E-state index contributed by atoms with van der Waals surface area (Å²) in [5, 5.41) is 3.20. The Morgan fingerprint density at radius 3 is 2.35 bits per heavy atom. The highest BCUT2D eigenvalue weighted by molar-refractivity contribution is 5.95. The van der Waals surface area contributed by atoms with Crippen molar-refractivity contribution >= 4 is 11.8 Å². The number of Topliss-reactive ketones (excluding diaryl/α,β-unsaturated/α-hetero) is 1. The van der Waals surface area contributed by atoms with Gasteiger partial charge in [0.25, 0.3) is 0 Å². The Labute approximate surface area is 103 Å². The molecule has 1 heterocycles. The van der Waals surface area contributed by atoms with Crippen LogP contribution in [0.3, 0.4) is 0 Å². The SMILES string of the molecule is CC(C)(C)CC(=O)CC(=O)OC1CCNCC1. The standard InChI is InChI=1S/C13H23NO3/c1-13(2,3)9-10(15)8-12(16)17-11-4-6-14-7-5-11/h11,14H,4-9H2,1-3H3. The number of carbonyl (C=O) groups is 2. The van der Waals surface area contributed by atoms with Crippen LogP contribution in [0.1, 0.15) is 46.5 Å². The fraction of sp³-hybridized carbons (Fsp3) is 0.846. The summed E-state index contributed by atoms with van der Waals surface area (Å²) >= 11 is 0. The molecule has 0 atom stereocenters. The topological polar surface area (TPSA) is 55.4 Å². The van der Waals surface area contributed by atoms with Gasteiger partial charge in [0.2, 0.25) is 0 Å². The predicted octanol–water partition coefficient (Wildman–Crippen LogP) is 1.68. The van der Waals surface area contributed by atoms with E-state index in [9.17, 15) is 9.59 Å². The number of piperidine rings is 1. The molecule has 0 unspecified atom stereocenters. The van der Waals surface area contributed by atoms with Crippen molar-refractivity contribution in [1.82, 2.24) is 5.32 Å². The summed E-state index contributed by atoms with van der Waals surface area (Å²) in [5.41, 5.74) is -0.0634. The normalized spacial score (nSPS) is 17.8. The van der Waals surface area contributed by atoms with Gasteiger partial charge in [-0.1, -0.05) is 20.8 Å². The van der Waals surface area contributed by atoms with Crippen molar-refractivity contribution in [2.75, 3.05) is 13.1 Å². The summed E-state index contributed by atoms with van der Waals surface area (Å²) in [5.74, 6) is -0.400. The van der Waals surface area contributed by atoms with Crippen molar-refractivity contribution in [3.05, 3.63) is 0 Å². The van der Waals surface area contributed by atoms with E-state index in [2.05, 4.69) is 5.32 Å². The van der Waals surface area contributed by atoms with E-state index < -0.39 is 0 Å². The fourth-order valence-corrected chi connectivity index (χ4v) is 1.96. The number of hydrogen-bond acceptors (Lipinski definition) is 4. The molecule has 1 saturated heterocycles. The Bertz CT molecular complexity index is 275. The van der Waals surface area contributed by atoms with Crippen LogP contribution in [0.2, 0.25) is 0 Å². The number of ketones is 1. The minimum Gasteiger partial charge on any atom is -0.462 e. The van der Waals surface area contributed by atoms with Gasteiger partial charge in [0.15, 0.2) is 0 Å². The fourth-order valence-electron chi connectivity index (χ4n) is 1.96. The summed E-state index contributed by atoms with van der Waals surface area (Å²) < 4.78 is 5.28. The van der Waals surface area contributed by atoms with E-state index >= 15 is 0 Å². The van der Waals surface area contributed by atoms with Gasteiger partial charge in [-0.2, -0.15) is 0 Å². The second kappa shape index (κ2) is 6.15. The molecule has 0 aromatic heterocycles. The third-order valence-corrected chi connectivity index (χ3v) is 2.65. The molecule has 0 amide bonds. The largest absolute Gasteiger partial charge is 0.462 e. The molecule has 1 aliphatic rings. The van der Waals surface area contributed by atoms with Crippen LogP contribution in [0.4, 0.5) is 0 Å². The van der Waals surface area contributed by atoms with Gasteiger partial charge < -0.3 is 10.1 Å². The minimum atomic E-state index is -0.369. The lowest BCUT2D eigenvalue weighted by molar-refractivity contribution is -0.152. The Hall–Kier alpha value is -0.900. The van der Waals surface area contributed by atoms with Gasteiger partial charge >= 0.3 is 5.97 Å². The lowest BCUT2D eigenvalue weighted by Crippen LogP contribution is -2.34. The highest BCUT2D eigenvalue weighted by atomic mass is 16.5. The molecule has 0 aromatic carbocycles. The lowest BCUT2D eigenvalue weighted by atomic mass is 9.89. The average molecular weight is 241 g/mol. The van der Waals surface area contributed by atoms with Gasteiger partial charge in [-0.3, -0.25) is 9.59 Å². The van der Waals surface area contributed by atoms with Gasteiger partial charge in [-0.25, -0.2) is 0 Å². The highest BCUT2D eigenvalue weighted by Gasteiger charge is 2.22. The third-order valence-electron chi connectivity index (χ3n) is 2.65. The molecule has 0 aliphatic carbocycles. The Morgan fingerprint density at radius 1 is 1.24 bits per heavy atom. The quantitative estimate of drug-likeness (QED) is 0.601. The van der Waals surface area contributed by atoms with Crippen LogP contribution in [0.5, 0.6) is 0 Å². The maximum atomic E-state index is 11.6. The summed E-state index contributed by atoms with van der Waals surface area (Å²) in [6, 6.07) is 0. The predicted molar refractivity (Wildman–Crippen MR) is 65.7 cm³/mol. The first-order valence-corrected chi connectivity index (χ1v) is 6.29. The van der Waals surface area contributed by atoms with Gasteiger partial charge in [0, 0.05) is 6.42 Å². The molecule has 0 radical (unpaired) electrons. The molecule has 98 valence electrons. The maximum absolute atomic E-state index is 11.6. The van der Waals surface area contributed by atoms with Crippen LogP contribution >= 0.6 is 0 Å². The van der Waals surface area contributed by atoms with Crippen molar-refractivity contribution < 1.29 is 14.3 Å². The summed E-state index contributed by atoms with van der Waals surface area (Å²) in [4.78, 5) is 23.1. The molecule has 1 fully saturated rings. The van der Waals surface area contributed by atoms with E-state index in [0.717, 1.165) is 25.9 Å². The molecular formula is C13H23NO3. The molecule has 1 aliphatic heterocycles. The van der Waals surface area contributed by atoms with E-state index in [1.165, 1.54) is 0 Å². The van der Waals surface area contributed by atoms with Gasteiger partial charge in [-0.15, -0.1) is 0 Å². The van der Waals surface area contributed by atoms with Crippen LogP contribution in [-0.2, 0) is 14.3 Å². The van der Waals surface area contributed by atoms with E-state index in [1.807, 2.05) is 20.8 Å². The second-order valence-corrected chi connectivity index (χ2v) is 5.89. The average Bonchev–Trinajstić information content (AvgIpc) is 2.15. The molecular weight excluding hydrogens is 218 g/mol. The molecule has 0 bridgehead atoms. The van der Waals surface area contributed by atoms with E-state index in [0.29, 0.717) is 6.42 Å². The third kappa shape index (κ3) is 6.41. The monoisotopic (exact) mass is 241 g/mol. The zero-order valence-electron chi connectivity index (χ0n) is 11.0. The zero-order valence-corrected chi connectivity index (χ0v) is 11.0. The molecule has 1 N–H and O–H groups in total.